The van der Waals surface area contributed by atoms with Crippen LogP contribution in [0.2, 0.25) is 0 Å². The average molecular weight is 226 g/mol. The SMILES string of the molecule is CCCSc1nc(C)c([N+](C)=O)c(C)n1. The van der Waals surface area contributed by atoms with E-state index >= 15 is 0 Å². The molecule has 4 nitrogen and oxygen atoms in total. The van der Waals surface area contributed by atoms with Crippen LogP contribution in [0.25, 0.3) is 0 Å². The van der Waals surface area contributed by atoms with Crippen molar-refractivity contribution in [2.45, 2.75) is 32.3 Å². The number of hydrogen-bond acceptors (Lipinski definition) is 4. The number of nitrogens with zero attached hydrogens (tertiary/aromatic N) is 3. The van der Waals surface area contributed by atoms with Gasteiger partial charge in [0.25, 0.3) is 5.69 Å². The van der Waals surface area contributed by atoms with Gasteiger partial charge in [0.2, 0.25) is 0 Å². The molecule has 82 valence electrons. The highest BCUT2D eigenvalue weighted by Gasteiger charge is 2.19. The van der Waals surface area contributed by atoms with Gasteiger partial charge in [0.15, 0.2) is 12.2 Å². The maximum absolute atomic E-state index is 11.2. The summed E-state index contributed by atoms with van der Waals surface area (Å²) in [6.07, 6.45) is 1.09. The molecule has 0 spiro atoms. The first-order valence-corrected chi connectivity index (χ1v) is 5.93. The molecule has 0 aliphatic rings. The van der Waals surface area contributed by atoms with E-state index in [1.807, 2.05) is 13.8 Å². The number of rotatable bonds is 4. The van der Waals surface area contributed by atoms with Gasteiger partial charge >= 0.3 is 0 Å². The van der Waals surface area contributed by atoms with E-state index in [1.54, 1.807) is 11.8 Å². The second kappa shape index (κ2) is 5.21. The van der Waals surface area contributed by atoms with Gasteiger partial charge in [0.05, 0.1) is 0 Å². The van der Waals surface area contributed by atoms with Gasteiger partial charge in [-0.05, 0) is 20.3 Å². The van der Waals surface area contributed by atoms with Crippen molar-refractivity contribution < 1.29 is 4.76 Å². The summed E-state index contributed by atoms with van der Waals surface area (Å²) in [5.74, 6) is 1.01. The Balaban J connectivity index is 3.03. The van der Waals surface area contributed by atoms with Crippen LogP contribution in [0.3, 0.4) is 0 Å². The number of aromatic nitrogens is 2. The minimum atomic E-state index is 0.579. The van der Waals surface area contributed by atoms with Crippen LogP contribution in [0.15, 0.2) is 5.16 Å². The van der Waals surface area contributed by atoms with Crippen LogP contribution in [-0.2, 0) is 0 Å². The average Bonchev–Trinajstić information content (AvgIpc) is 2.12. The van der Waals surface area contributed by atoms with Crippen molar-refractivity contribution in [3.05, 3.63) is 16.3 Å². The highest BCUT2D eigenvalue weighted by atomic mass is 32.2. The number of thioether (sulfide) groups is 1. The van der Waals surface area contributed by atoms with E-state index in [0.717, 1.165) is 33.5 Å². The predicted octanol–water partition coefficient (Wildman–Crippen LogP) is 2.64. The van der Waals surface area contributed by atoms with Crippen molar-refractivity contribution in [1.29, 1.82) is 0 Å². The Labute approximate surface area is 94.1 Å². The van der Waals surface area contributed by atoms with Crippen LogP contribution >= 0.6 is 11.8 Å². The summed E-state index contributed by atoms with van der Waals surface area (Å²) >= 11 is 1.63. The van der Waals surface area contributed by atoms with Gasteiger partial charge in [0, 0.05) is 15.4 Å². The molecule has 15 heavy (non-hydrogen) atoms. The summed E-state index contributed by atoms with van der Waals surface area (Å²) in [5.41, 5.74) is 2.08. The summed E-state index contributed by atoms with van der Waals surface area (Å²) in [4.78, 5) is 19.8. The zero-order valence-corrected chi connectivity index (χ0v) is 10.4. The van der Waals surface area contributed by atoms with Crippen molar-refractivity contribution in [2.24, 2.45) is 0 Å². The molecule has 0 saturated heterocycles. The quantitative estimate of drug-likeness (QED) is 0.450. The lowest BCUT2D eigenvalue weighted by molar-refractivity contribution is -0.430. The maximum Gasteiger partial charge on any atom is 0.297 e. The van der Waals surface area contributed by atoms with Gasteiger partial charge < -0.3 is 0 Å². The van der Waals surface area contributed by atoms with Gasteiger partial charge in [0.1, 0.15) is 11.4 Å². The third-order valence-electron chi connectivity index (χ3n) is 1.96. The number of aryl methyl sites for hydroxylation is 2. The third kappa shape index (κ3) is 2.99. The largest absolute Gasteiger partial charge is 0.297 e. The first-order valence-electron chi connectivity index (χ1n) is 4.95. The first kappa shape index (κ1) is 12.1. The minimum absolute atomic E-state index is 0.579. The highest BCUT2D eigenvalue weighted by Crippen LogP contribution is 2.23. The summed E-state index contributed by atoms with van der Waals surface area (Å²) in [6, 6.07) is 0. The second-order valence-electron chi connectivity index (χ2n) is 3.37. The van der Waals surface area contributed by atoms with Crippen molar-refractivity contribution in [3.63, 3.8) is 0 Å². The second-order valence-corrected chi connectivity index (χ2v) is 4.43. The van der Waals surface area contributed by atoms with Crippen LogP contribution in [0.1, 0.15) is 24.7 Å². The lowest BCUT2D eigenvalue weighted by Gasteiger charge is -2.02. The Morgan fingerprint density at radius 3 is 2.20 bits per heavy atom. The van der Waals surface area contributed by atoms with Crippen LogP contribution in [-0.4, -0.2) is 27.5 Å². The molecule has 1 heterocycles. The molecule has 0 N–H and O–H groups in total. The van der Waals surface area contributed by atoms with E-state index in [9.17, 15) is 4.91 Å². The number of hydrogen-bond donors (Lipinski definition) is 0. The Morgan fingerprint density at radius 1 is 1.27 bits per heavy atom. The zero-order valence-electron chi connectivity index (χ0n) is 9.57. The fourth-order valence-corrected chi connectivity index (χ4v) is 2.18. The fraction of sp³-hybridized carbons (Fsp3) is 0.600. The van der Waals surface area contributed by atoms with E-state index < -0.39 is 0 Å². The van der Waals surface area contributed by atoms with E-state index in [1.165, 1.54) is 7.05 Å². The van der Waals surface area contributed by atoms with Gasteiger partial charge in [-0.1, -0.05) is 18.7 Å². The van der Waals surface area contributed by atoms with Gasteiger partial charge in [-0.3, -0.25) is 0 Å². The van der Waals surface area contributed by atoms with Crippen molar-refractivity contribution in [3.8, 4) is 0 Å². The van der Waals surface area contributed by atoms with Crippen molar-refractivity contribution in [2.75, 3.05) is 12.8 Å². The zero-order chi connectivity index (χ0) is 11.4. The molecule has 1 aromatic rings. The standard InChI is InChI=1S/C10H16N3OS/c1-5-6-15-10-11-7(2)9(13(4)14)8(3)12-10/h5-6H2,1-4H3/q+1. The molecule has 0 aliphatic heterocycles. The van der Waals surface area contributed by atoms with E-state index in [2.05, 4.69) is 16.9 Å². The molecule has 0 aliphatic carbocycles. The fourth-order valence-electron chi connectivity index (χ4n) is 1.39. The first-order chi connectivity index (χ1) is 7.06. The Bertz CT molecular complexity index is 356. The Morgan fingerprint density at radius 2 is 1.80 bits per heavy atom. The lowest BCUT2D eigenvalue weighted by Crippen LogP contribution is -2.03. The predicted molar refractivity (Wildman–Crippen MR) is 61.7 cm³/mol. The summed E-state index contributed by atoms with van der Waals surface area (Å²) in [5, 5.41) is 0.762. The van der Waals surface area contributed by atoms with Crippen molar-refractivity contribution in [1.82, 2.24) is 9.97 Å². The molecule has 0 amide bonds. The molecule has 0 bridgehead atoms. The smallest absolute Gasteiger partial charge is 0.221 e. The third-order valence-corrected chi connectivity index (χ3v) is 3.02. The molecule has 0 fully saturated rings. The van der Waals surface area contributed by atoms with E-state index in [-0.39, 0.29) is 0 Å². The maximum atomic E-state index is 11.2. The monoisotopic (exact) mass is 226 g/mol. The normalized spacial score (nSPS) is 10.4. The van der Waals surface area contributed by atoms with Crippen LogP contribution < -0.4 is 0 Å². The molecule has 0 aromatic carbocycles. The van der Waals surface area contributed by atoms with Crippen LogP contribution in [0.5, 0.6) is 0 Å². The van der Waals surface area contributed by atoms with Crippen molar-refractivity contribution >= 4 is 17.4 Å². The molecule has 0 saturated carbocycles. The summed E-state index contributed by atoms with van der Waals surface area (Å²) in [7, 11) is 1.47. The Hall–Kier alpha value is -0.970. The van der Waals surface area contributed by atoms with E-state index in [4.69, 9.17) is 0 Å². The van der Waals surface area contributed by atoms with Crippen LogP contribution in [0, 0.1) is 18.8 Å². The lowest BCUT2D eigenvalue weighted by atomic mass is 10.3. The molecule has 0 unspecified atom stereocenters. The number of nitroso groups, excluding NO2 is 1. The van der Waals surface area contributed by atoms with Crippen LogP contribution in [0.4, 0.5) is 5.69 Å². The molecule has 1 rings (SSSR count). The minimum Gasteiger partial charge on any atom is -0.221 e. The molecular weight excluding hydrogens is 210 g/mol. The molecule has 5 heteroatoms. The summed E-state index contributed by atoms with van der Waals surface area (Å²) < 4.78 is 0.818. The molecule has 1 aromatic heterocycles. The summed E-state index contributed by atoms with van der Waals surface area (Å²) in [6.45, 7) is 5.80. The molecular formula is C10H16N3OS+. The highest BCUT2D eigenvalue weighted by molar-refractivity contribution is 7.99. The topological polar surface area (TPSA) is 45.9 Å². The Kier molecular flexibility index (Phi) is 4.20. The van der Waals surface area contributed by atoms with E-state index in [0.29, 0.717) is 5.69 Å². The molecule has 0 atom stereocenters. The van der Waals surface area contributed by atoms with Gasteiger partial charge in [-0.2, -0.15) is 0 Å². The van der Waals surface area contributed by atoms with Gasteiger partial charge in [-0.15, -0.1) is 0 Å². The van der Waals surface area contributed by atoms with Gasteiger partial charge in [-0.25, -0.2) is 9.97 Å². The molecule has 0 radical (unpaired) electrons.